The third-order valence-corrected chi connectivity index (χ3v) is 2.88. The van der Waals surface area contributed by atoms with Crippen LogP contribution in [0.5, 0.6) is 0 Å². The molecule has 84 valence electrons. The van der Waals surface area contributed by atoms with Crippen LogP contribution in [0, 0.1) is 19.8 Å². The van der Waals surface area contributed by atoms with Gasteiger partial charge in [-0.2, -0.15) is 0 Å². The molecule has 15 heavy (non-hydrogen) atoms. The van der Waals surface area contributed by atoms with E-state index in [0.717, 1.165) is 12.3 Å². The highest BCUT2D eigenvalue weighted by Gasteiger charge is 2.09. The van der Waals surface area contributed by atoms with Gasteiger partial charge in [-0.1, -0.05) is 37.6 Å². The quantitative estimate of drug-likeness (QED) is 0.796. The summed E-state index contributed by atoms with van der Waals surface area (Å²) in [5.41, 5.74) is 10.1. The van der Waals surface area contributed by atoms with Crippen molar-refractivity contribution >= 4 is 0 Å². The van der Waals surface area contributed by atoms with Crippen LogP contribution < -0.4 is 5.73 Å². The zero-order chi connectivity index (χ0) is 11.4. The molecule has 1 atom stereocenters. The lowest BCUT2D eigenvalue weighted by molar-refractivity contribution is 0.506. The van der Waals surface area contributed by atoms with Crippen LogP contribution in [0.2, 0.25) is 0 Å². The van der Waals surface area contributed by atoms with Gasteiger partial charge in [0.25, 0.3) is 0 Å². The minimum atomic E-state index is 0.202. The van der Waals surface area contributed by atoms with Gasteiger partial charge < -0.3 is 5.73 Å². The van der Waals surface area contributed by atoms with Crippen molar-refractivity contribution in [1.29, 1.82) is 0 Å². The molecule has 0 bridgehead atoms. The zero-order valence-corrected chi connectivity index (χ0v) is 10.4. The van der Waals surface area contributed by atoms with Gasteiger partial charge in [0.15, 0.2) is 0 Å². The number of nitrogens with two attached hydrogens (primary N) is 1. The van der Waals surface area contributed by atoms with E-state index in [1.54, 1.807) is 0 Å². The summed E-state index contributed by atoms with van der Waals surface area (Å²) in [7, 11) is 0. The Morgan fingerprint density at radius 2 is 1.80 bits per heavy atom. The normalized spacial score (nSPS) is 13.2. The van der Waals surface area contributed by atoms with Gasteiger partial charge in [-0.15, -0.1) is 0 Å². The van der Waals surface area contributed by atoms with E-state index < -0.39 is 0 Å². The molecule has 0 aliphatic rings. The van der Waals surface area contributed by atoms with Crippen LogP contribution in [0.25, 0.3) is 0 Å². The Labute approximate surface area is 93.7 Å². The van der Waals surface area contributed by atoms with Gasteiger partial charge in [0.2, 0.25) is 0 Å². The van der Waals surface area contributed by atoms with Crippen molar-refractivity contribution in [3.05, 3.63) is 34.9 Å². The number of hydrogen-bond acceptors (Lipinski definition) is 1. The molecule has 1 rings (SSSR count). The summed E-state index contributed by atoms with van der Waals surface area (Å²) >= 11 is 0. The van der Waals surface area contributed by atoms with Crippen molar-refractivity contribution in [2.75, 3.05) is 0 Å². The molecular formula is C14H23N. The SMILES string of the molecule is Cc1ccc([C@@H](N)CCC(C)C)c(C)c1. The van der Waals surface area contributed by atoms with Crippen LogP contribution in [-0.2, 0) is 0 Å². The summed E-state index contributed by atoms with van der Waals surface area (Å²) in [4.78, 5) is 0. The van der Waals surface area contributed by atoms with E-state index in [2.05, 4.69) is 45.9 Å². The molecule has 1 heteroatoms. The Balaban J connectivity index is 2.69. The third-order valence-electron chi connectivity index (χ3n) is 2.88. The number of aryl methyl sites for hydroxylation is 2. The van der Waals surface area contributed by atoms with E-state index in [-0.39, 0.29) is 6.04 Å². The van der Waals surface area contributed by atoms with Crippen molar-refractivity contribution in [3.63, 3.8) is 0 Å². The van der Waals surface area contributed by atoms with Crippen molar-refractivity contribution in [3.8, 4) is 0 Å². The van der Waals surface area contributed by atoms with Crippen molar-refractivity contribution in [2.45, 2.75) is 46.6 Å². The monoisotopic (exact) mass is 205 g/mol. The minimum Gasteiger partial charge on any atom is -0.324 e. The fourth-order valence-electron chi connectivity index (χ4n) is 1.91. The molecule has 0 heterocycles. The Kier molecular flexibility index (Phi) is 4.34. The summed E-state index contributed by atoms with van der Waals surface area (Å²) in [5, 5.41) is 0. The van der Waals surface area contributed by atoms with Crippen LogP contribution in [0.1, 0.15) is 49.4 Å². The second-order valence-electron chi connectivity index (χ2n) is 4.94. The van der Waals surface area contributed by atoms with Crippen LogP contribution >= 0.6 is 0 Å². The molecule has 0 unspecified atom stereocenters. The van der Waals surface area contributed by atoms with Gasteiger partial charge >= 0.3 is 0 Å². The lowest BCUT2D eigenvalue weighted by Crippen LogP contribution is -2.12. The predicted molar refractivity (Wildman–Crippen MR) is 66.9 cm³/mol. The Morgan fingerprint density at radius 3 is 2.33 bits per heavy atom. The van der Waals surface area contributed by atoms with E-state index in [1.807, 2.05) is 0 Å². The Bertz CT molecular complexity index is 315. The van der Waals surface area contributed by atoms with E-state index in [0.29, 0.717) is 0 Å². The summed E-state index contributed by atoms with van der Waals surface area (Å²) in [5.74, 6) is 0.738. The standard InChI is InChI=1S/C14H23N/c1-10(2)5-8-14(15)13-7-6-11(3)9-12(13)4/h6-7,9-10,14H,5,8,15H2,1-4H3/t14-/m0/s1. The highest BCUT2D eigenvalue weighted by Crippen LogP contribution is 2.22. The number of benzene rings is 1. The smallest absolute Gasteiger partial charge is 0.0297 e. The van der Waals surface area contributed by atoms with Gasteiger partial charge in [-0.3, -0.25) is 0 Å². The second kappa shape index (κ2) is 5.32. The maximum atomic E-state index is 6.19. The first-order valence-electron chi connectivity index (χ1n) is 5.83. The second-order valence-corrected chi connectivity index (χ2v) is 4.94. The first kappa shape index (κ1) is 12.3. The van der Waals surface area contributed by atoms with Crippen LogP contribution in [0.15, 0.2) is 18.2 Å². The molecule has 2 N–H and O–H groups in total. The molecule has 0 aliphatic carbocycles. The van der Waals surface area contributed by atoms with Crippen LogP contribution in [0.3, 0.4) is 0 Å². The first-order valence-corrected chi connectivity index (χ1v) is 5.83. The van der Waals surface area contributed by atoms with Gasteiger partial charge in [-0.05, 0) is 43.7 Å². The molecule has 0 saturated carbocycles. The van der Waals surface area contributed by atoms with Crippen LogP contribution in [-0.4, -0.2) is 0 Å². The molecule has 1 aromatic carbocycles. The molecular weight excluding hydrogens is 182 g/mol. The summed E-state index contributed by atoms with van der Waals surface area (Å²) in [6.45, 7) is 8.76. The molecule has 1 nitrogen and oxygen atoms in total. The molecule has 0 amide bonds. The van der Waals surface area contributed by atoms with Crippen molar-refractivity contribution < 1.29 is 0 Å². The molecule has 0 spiro atoms. The van der Waals surface area contributed by atoms with Gasteiger partial charge in [0, 0.05) is 6.04 Å². The van der Waals surface area contributed by atoms with Crippen LogP contribution in [0.4, 0.5) is 0 Å². The average Bonchev–Trinajstić information content (AvgIpc) is 2.14. The third kappa shape index (κ3) is 3.67. The largest absolute Gasteiger partial charge is 0.324 e. The predicted octanol–water partition coefficient (Wildman–Crippen LogP) is 3.74. The number of hydrogen-bond donors (Lipinski definition) is 1. The van der Waals surface area contributed by atoms with E-state index >= 15 is 0 Å². The number of rotatable bonds is 4. The maximum Gasteiger partial charge on any atom is 0.0297 e. The highest BCUT2D eigenvalue weighted by molar-refractivity contribution is 5.32. The Morgan fingerprint density at radius 1 is 1.13 bits per heavy atom. The van der Waals surface area contributed by atoms with E-state index in [1.165, 1.54) is 23.1 Å². The molecule has 0 aromatic heterocycles. The fraction of sp³-hybridized carbons (Fsp3) is 0.571. The van der Waals surface area contributed by atoms with Gasteiger partial charge in [-0.25, -0.2) is 0 Å². The molecule has 1 aromatic rings. The topological polar surface area (TPSA) is 26.0 Å². The minimum absolute atomic E-state index is 0.202. The van der Waals surface area contributed by atoms with E-state index in [4.69, 9.17) is 5.73 Å². The molecule has 0 radical (unpaired) electrons. The molecule has 0 fully saturated rings. The first-order chi connectivity index (χ1) is 7.00. The maximum absolute atomic E-state index is 6.19. The molecule has 0 saturated heterocycles. The zero-order valence-electron chi connectivity index (χ0n) is 10.4. The fourth-order valence-corrected chi connectivity index (χ4v) is 1.91. The molecule has 0 aliphatic heterocycles. The highest BCUT2D eigenvalue weighted by atomic mass is 14.6. The summed E-state index contributed by atoms with van der Waals surface area (Å²) < 4.78 is 0. The van der Waals surface area contributed by atoms with E-state index in [9.17, 15) is 0 Å². The van der Waals surface area contributed by atoms with Crippen molar-refractivity contribution in [1.82, 2.24) is 0 Å². The Hall–Kier alpha value is -0.820. The lowest BCUT2D eigenvalue weighted by Gasteiger charge is -2.16. The summed E-state index contributed by atoms with van der Waals surface area (Å²) in [6.07, 6.45) is 2.29. The summed E-state index contributed by atoms with van der Waals surface area (Å²) in [6, 6.07) is 6.74. The van der Waals surface area contributed by atoms with Gasteiger partial charge in [0.1, 0.15) is 0 Å². The average molecular weight is 205 g/mol. The van der Waals surface area contributed by atoms with Crippen molar-refractivity contribution in [2.24, 2.45) is 11.7 Å². The van der Waals surface area contributed by atoms with Gasteiger partial charge in [0.05, 0.1) is 0 Å². The lowest BCUT2D eigenvalue weighted by atomic mass is 9.94.